The van der Waals surface area contributed by atoms with Gasteiger partial charge in [-0.25, -0.2) is 0 Å². The third-order valence-corrected chi connectivity index (χ3v) is 6.24. The molecule has 0 bridgehead atoms. The lowest BCUT2D eigenvalue weighted by atomic mass is 9.94. The number of hydrogen-bond acceptors (Lipinski definition) is 3. The van der Waals surface area contributed by atoms with Gasteiger partial charge in [0.2, 0.25) is 17.7 Å². The van der Waals surface area contributed by atoms with Crippen LogP contribution in [0.5, 0.6) is 0 Å². The van der Waals surface area contributed by atoms with Gasteiger partial charge in [-0.2, -0.15) is 0 Å². The van der Waals surface area contributed by atoms with Gasteiger partial charge in [0.1, 0.15) is 0 Å². The third-order valence-electron chi connectivity index (χ3n) is 5.57. The molecule has 2 aliphatic rings. The monoisotopic (exact) mass is 405 g/mol. The SMILES string of the molecule is CC(C)(CCl)C(=O)N1CCN(C(=O)C2CC(=O)N(Cc3ccccc3)C2)CC1. The summed E-state index contributed by atoms with van der Waals surface area (Å²) >= 11 is 5.91. The molecule has 1 aromatic rings. The van der Waals surface area contributed by atoms with Crippen molar-refractivity contribution in [1.29, 1.82) is 0 Å². The van der Waals surface area contributed by atoms with Gasteiger partial charge in [-0.15, -0.1) is 11.6 Å². The molecule has 28 heavy (non-hydrogen) atoms. The van der Waals surface area contributed by atoms with E-state index < -0.39 is 5.41 Å². The number of alkyl halides is 1. The zero-order chi connectivity index (χ0) is 20.3. The van der Waals surface area contributed by atoms with Gasteiger partial charge in [-0.1, -0.05) is 30.3 Å². The summed E-state index contributed by atoms with van der Waals surface area (Å²) in [4.78, 5) is 43.1. The lowest BCUT2D eigenvalue weighted by Gasteiger charge is -2.38. The van der Waals surface area contributed by atoms with Gasteiger partial charge in [0.15, 0.2) is 0 Å². The largest absolute Gasteiger partial charge is 0.339 e. The van der Waals surface area contributed by atoms with Crippen molar-refractivity contribution in [3.05, 3.63) is 35.9 Å². The highest BCUT2D eigenvalue weighted by Crippen LogP contribution is 2.25. The van der Waals surface area contributed by atoms with E-state index in [2.05, 4.69) is 0 Å². The first kappa shape index (κ1) is 20.6. The van der Waals surface area contributed by atoms with Crippen LogP contribution in [0, 0.1) is 11.3 Å². The van der Waals surface area contributed by atoms with E-state index in [4.69, 9.17) is 11.6 Å². The van der Waals surface area contributed by atoms with Crippen LogP contribution in [-0.4, -0.2) is 71.0 Å². The molecule has 0 saturated carbocycles. The van der Waals surface area contributed by atoms with Gasteiger partial charge in [0.25, 0.3) is 0 Å². The van der Waals surface area contributed by atoms with Crippen molar-refractivity contribution in [3.8, 4) is 0 Å². The van der Waals surface area contributed by atoms with E-state index >= 15 is 0 Å². The highest BCUT2D eigenvalue weighted by Gasteiger charge is 2.38. The standard InChI is InChI=1S/C21H28ClN3O3/c1-21(2,15-22)20(28)24-10-8-23(9-11-24)19(27)17-12-18(26)25(14-17)13-16-6-4-3-5-7-16/h3-7,17H,8-15H2,1-2H3. The zero-order valence-corrected chi connectivity index (χ0v) is 17.3. The number of likely N-dealkylation sites (tertiary alicyclic amines) is 1. The quantitative estimate of drug-likeness (QED) is 0.703. The fourth-order valence-electron chi connectivity index (χ4n) is 3.77. The molecule has 0 spiro atoms. The normalized spacial score (nSPS) is 20.6. The molecule has 1 aromatic carbocycles. The van der Waals surface area contributed by atoms with Crippen molar-refractivity contribution < 1.29 is 14.4 Å². The van der Waals surface area contributed by atoms with Crippen LogP contribution in [-0.2, 0) is 20.9 Å². The molecular weight excluding hydrogens is 378 g/mol. The van der Waals surface area contributed by atoms with Gasteiger partial charge in [-0.05, 0) is 19.4 Å². The van der Waals surface area contributed by atoms with Crippen LogP contribution >= 0.6 is 11.6 Å². The number of nitrogens with zero attached hydrogens (tertiary/aromatic N) is 3. The van der Waals surface area contributed by atoms with E-state index in [1.54, 1.807) is 14.7 Å². The Bertz CT molecular complexity index is 730. The predicted octanol–water partition coefficient (Wildman–Crippen LogP) is 1.97. The van der Waals surface area contributed by atoms with Crippen LogP contribution in [0.4, 0.5) is 0 Å². The highest BCUT2D eigenvalue weighted by molar-refractivity contribution is 6.19. The number of benzene rings is 1. The van der Waals surface area contributed by atoms with Gasteiger partial charge in [-0.3, -0.25) is 14.4 Å². The summed E-state index contributed by atoms with van der Waals surface area (Å²) in [6, 6.07) is 9.82. The predicted molar refractivity (Wildman–Crippen MR) is 108 cm³/mol. The Hall–Kier alpha value is -2.08. The molecule has 0 aliphatic carbocycles. The van der Waals surface area contributed by atoms with Crippen LogP contribution < -0.4 is 0 Å². The maximum Gasteiger partial charge on any atom is 0.229 e. The Morgan fingerprint density at radius 1 is 1.07 bits per heavy atom. The van der Waals surface area contributed by atoms with Gasteiger partial charge in [0.05, 0.1) is 11.3 Å². The second kappa shape index (κ2) is 8.52. The lowest BCUT2D eigenvalue weighted by Crippen LogP contribution is -2.54. The first-order valence-electron chi connectivity index (χ1n) is 9.77. The van der Waals surface area contributed by atoms with Gasteiger partial charge in [0, 0.05) is 51.6 Å². The van der Waals surface area contributed by atoms with Crippen LogP contribution in [0.1, 0.15) is 25.8 Å². The Morgan fingerprint density at radius 2 is 1.68 bits per heavy atom. The second-order valence-electron chi connectivity index (χ2n) is 8.30. The summed E-state index contributed by atoms with van der Waals surface area (Å²) in [7, 11) is 0. The van der Waals surface area contributed by atoms with E-state index in [1.165, 1.54) is 0 Å². The van der Waals surface area contributed by atoms with Crippen molar-refractivity contribution >= 4 is 29.3 Å². The maximum absolute atomic E-state index is 12.9. The molecule has 3 amide bonds. The molecule has 2 heterocycles. The molecule has 7 heteroatoms. The van der Waals surface area contributed by atoms with Crippen LogP contribution in [0.15, 0.2) is 30.3 Å². The van der Waals surface area contributed by atoms with Gasteiger partial charge >= 0.3 is 0 Å². The number of carbonyl (C=O) groups excluding carboxylic acids is 3. The molecule has 1 unspecified atom stereocenters. The molecule has 1 atom stereocenters. The first-order valence-corrected chi connectivity index (χ1v) is 10.3. The van der Waals surface area contributed by atoms with E-state index in [-0.39, 0.29) is 35.9 Å². The number of amides is 3. The number of carbonyl (C=O) groups is 3. The average molecular weight is 406 g/mol. The molecule has 0 N–H and O–H groups in total. The summed E-state index contributed by atoms with van der Waals surface area (Å²) in [6.07, 6.45) is 0.268. The lowest BCUT2D eigenvalue weighted by molar-refractivity contribution is -0.146. The van der Waals surface area contributed by atoms with E-state index in [1.807, 2.05) is 44.2 Å². The number of halogens is 1. The second-order valence-corrected chi connectivity index (χ2v) is 8.56. The van der Waals surface area contributed by atoms with Crippen LogP contribution in [0.3, 0.4) is 0 Å². The summed E-state index contributed by atoms with van der Waals surface area (Å²) in [5.41, 5.74) is 0.474. The van der Waals surface area contributed by atoms with Gasteiger partial charge < -0.3 is 14.7 Å². The minimum atomic E-state index is -0.594. The minimum absolute atomic E-state index is 0.0209. The third kappa shape index (κ3) is 4.49. The Labute approximate surface area is 171 Å². The minimum Gasteiger partial charge on any atom is -0.339 e. The fraction of sp³-hybridized carbons (Fsp3) is 0.571. The molecule has 0 aromatic heterocycles. The Balaban J connectivity index is 1.53. The summed E-state index contributed by atoms with van der Waals surface area (Å²) < 4.78 is 0. The number of piperazine rings is 1. The van der Waals surface area contributed by atoms with E-state index in [0.717, 1.165) is 5.56 Å². The molecule has 2 aliphatic heterocycles. The molecule has 2 fully saturated rings. The molecule has 2 saturated heterocycles. The molecule has 0 radical (unpaired) electrons. The molecular formula is C21H28ClN3O3. The highest BCUT2D eigenvalue weighted by atomic mass is 35.5. The Kier molecular flexibility index (Phi) is 6.28. The van der Waals surface area contributed by atoms with E-state index in [0.29, 0.717) is 39.3 Å². The molecule has 6 nitrogen and oxygen atoms in total. The van der Waals surface area contributed by atoms with Crippen molar-refractivity contribution in [1.82, 2.24) is 14.7 Å². The zero-order valence-electron chi connectivity index (χ0n) is 16.6. The molecule has 152 valence electrons. The number of hydrogen-bond donors (Lipinski definition) is 0. The van der Waals surface area contributed by atoms with Crippen molar-refractivity contribution in [2.45, 2.75) is 26.8 Å². The van der Waals surface area contributed by atoms with E-state index in [9.17, 15) is 14.4 Å². The van der Waals surface area contributed by atoms with Crippen molar-refractivity contribution in [2.75, 3.05) is 38.6 Å². The van der Waals surface area contributed by atoms with Crippen molar-refractivity contribution in [3.63, 3.8) is 0 Å². The first-order chi connectivity index (χ1) is 13.3. The van der Waals surface area contributed by atoms with Crippen molar-refractivity contribution in [2.24, 2.45) is 11.3 Å². The average Bonchev–Trinajstić information content (AvgIpc) is 3.08. The summed E-state index contributed by atoms with van der Waals surface area (Å²) in [5, 5.41) is 0. The molecule has 3 rings (SSSR count). The summed E-state index contributed by atoms with van der Waals surface area (Å²) in [5.74, 6) is 0.0526. The number of rotatable bonds is 5. The maximum atomic E-state index is 12.9. The van der Waals surface area contributed by atoms with Crippen LogP contribution in [0.25, 0.3) is 0 Å². The summed E-state index contributed by atoms with van der Waals surface area (Å²) in [6.45, 7) is 6.72. The smallest absolute Gasteiger partial charge is 0.229 e. The van der Waals surface area contributed by atoms with Crippen LogP contribution in [0.2, 0.25) is 0 Å². The topological polar surface area (TPSA) is 60.9 Å². The Morgan fingerprint density at radius 3 is 2.29 bits per heavy atom. The fourth-order valence-corrected chi connectivity index (χ4v) is 3.88.